The Morgan fingerprint density at radius 1 is 1.33 bits per heavy atom. The molecule has 1 rings (SSSR count). The second-order valence-electron chi connectivity index (χ2n) is 2.08. The molecule has 0 radical (unpaired) electrons. The second-order valence-corrected chi connectivity index (χ2v) is 5.52. The summed E-state index contributed by atoms with van der Waals surface area (Å²) in [5.74, 6) is 0. The lowest BCUT2D eigenvalue weighted by atomic mass is 10.6. The Balaban J connectivity index is 2.14. The van der Waals surface area contributed by atoms with E-state index >= 15 is 0 Å². The third-order valence-electron chi connectivity index (χ3n) is 1.29. The second kappa shape index (κ2) is 3.74. The maximum atomic E-state index is 3.43. The summed E-state index contributed by atoms with van der Waals surface area (Å²) in [5.41, 5.74) is 0. The molecule has 52 valence electrons. The van der Waals surface area contributed by atoms with E-state index in [4.69, 9.17) is 0 Å². The fourth-order valence-electron chi connectivity index (χ4n) is 0.866. The summed E-state index contributed by atoms with van der Waals surface area (Å²) in [6.07, 6.45) is 4.39. The van der Waals surface area contributed by atoms with Crippen LogP contribution in [0.4, 0.5) is 0 Å². The van der Waals surface area contributed by atoms with Gasteiger partial charge in [0.05, 0.1) is 3.74 Å². The molecule has 0 aromatic carbocycles. The number of nitrogens with zero attached hydrogens (tertiary/aromatic N) is 1. The summed E-state index contributed by atoms with van der Waals surface area (Å²) in [6.45, 7) is 3.29. The van der Waals surface area contributed by atoms with E-state index in [2.05, 4.69) is 48.9 Å². The fourth-order valence-corrected chi connectivity index (χ4v) is 1.69. The molecule has 1 nitrogen and oxygen atoms in total. The van der Waals surface area contributed by atoms with Gasteiger partial charge in [-0.25, -0.2) is 0 Å². The molecule has 0 aromatic rings. The first kappa shape index (κ1) is 7.76. The van der Waals surface area contributed by atoms with Crippen molar-refractivity contribution in [3.05, 3.63) is 12.2 Å². The van der Waals surface area contributed by atoms with Crippen molar-refractivity contribution < 1.29 is 0 Å². The van der Waals surface area contributed by atoms with Crippen LogP contribution in [0, 0.1) is 0 Å². The van der Waals surface area contributed by atoms with Crippen molar-refractivity contribution in [1.82, 2.24) is 4.90 Å². The van der Waals surface area contributed by atoms with Crippen molar-refractivity contribution in [1.29, 1.82) is 0 Å². The van der Waals surface area contributed by atoms with E-state index in [1.165, 1.54) is 0 Å². The van der Waals surface area contributed by atoms with E-state index in [1.807, 2.05) is 0 Å². The number of halogens is 2. The quantitative estimate of drug-likeness (QED) is 0.538. The predicted octanol–water partition coefficient (Wildman–Crippen LogP) is 1.97. The minimum atomic E-state index is 0.435. The highest BCUT2D eigenvalue weighted by Gasteiger charge is 2.08. The molecule has 0 aromatic heterocycles. The van der Waals surface area contributed by atoms with Crippen molar-refractivity contribution in [2.45, 2.75) is 3.74 Å². The van der Waals surface area contributed by atoms with Crippen LogP contribution in [0.1, 0.15) is 0 Å². The Kier molecular flexibility index (Phi) is 3.22. The SMILES string of the molecule is BrC(Br)CN1CC=CC1. The van der Waals surface area contributed by atoms with Gasteiger partial charge < -0.3 is 0 Å². The third-order valence-corrected chi connectivity index (χ3v) is 1.87. The van der Waals surface area contributed by atoms with Crippen molar-refractivity contribution >= 4 is 31.9 Å². The maximum Gasteiger partial charge on any atom is 0.0824 e. The van der Waals surface area contributed by atoms with Gasteiger partial charge in [0.2, 0.25) is 0 Å². The van der Waals surface area contributed by atoms with Gasteiger partial charge in [-0.3, -0.25) is 4.90 Å². The Morgan fingerprint density at radius 2 is 1.89 bits per heavy atom. The molecule has 0 amide bonds. The van der Waals surface area contributed by atoms with Crippen molar-refractivity contribution in [2.75, 3.05) is 19.6 Å². The van der Waals surface area contributed by atoms with Gasteiger partial charge in [-0.2, -0.15) is 0 Å². The molecule has 0 fully saturated rings. The highest BCUT2D eigenvalue weighted by molar-refractivity contribution is 9.24. The third kappa shape index (κ3) is 2.83. The zero-order valence-corrected chi connectivity index (χ0v) is 8.23. The molecular weight excluding hydrogens is 246 g/mol. The molecule has 1 aliphatic heterocycles. The standard InChI is InChI=1S/C6H9Br2N/c7-6(8)5-9-3-1-2-4-9/h1-2,6H,3-5H2. The molecular formula is C6H9Br2N. The van der Waals surface area contributed by atoms with Gasteiger partial charge in [0.1, 0.15) is 0 Å². The lowest BCUT2D eigenvalue weighted by Crippen LogP contribution is -2.24. The maximum absolute atomic E-state index is 3.43. The number of rotatable bonds is 2. The Labute approximate surface area is 72.4 Å². The first-order valence-corrected chi connectivity index (χ1v) is 4.77. The number of alkyl halides is 2. The van der Waals surface area contributed by atoms with Gasteiger partial charge in [-0.1, -0.05) is 44.0 Å². The van der Waals surface area contributed by atoms with Gasteiger partial charge in [-0.05, 0) is 0 Å². The smallest absolute Gasteiger partial charge is 0.0824 e. The van der Waals surface area contributed by atoms with Crippen LogP contribution in [-0.4, -0.2) is 28.3 Å². The van der Waals surface area contributed by atoms with Crippen LogP contribution in [0.3, 0.4) is 0 Å². The van der Waals surface area contributed by atoms with Crippen LogP contribution >= 0.6 is 31.9 Å². The normalized spacial score (nSPS) is 19.9. The van der Waals surface area contributed by atoms with Crippen LogP contribution in [0.5, 0.6) is 0 Å². The molecule has 0 saturated heterocycles. The first-order chi connectivity index (χ1) is 4.29. The van der Waals surface area contributed by atoms with Crippen LogP contribution in [0.15, 0.2) is 12.2 Å². The molecule has 0 unspecified atom stereocenters. The molecule has 0 bridgehead atoms. The van der Waals surface area contributed by atoms with Gasteiger partial charge in [-0.15, -0.1) is 0 Å². The molecule has 0 N–H and O–H groups in total. The van der Waals surface area contributed by atoms with E-state index in [0.29, 0.717) is 3.74 Å². The largest absolute Gasteiger partial charge is 0.294 e. The van der Waals surface area contributed by atoms with Crippen LogP contribution in [-0.2, 0) is 0 Å². The molecule has 1 aliphatic rings. The van der Waals surface area contributed by atoms with E-state index in [-0.39, 0.29) is 0 Å². The zero-order chi connectivity index (χ0) is 6.69. The van der Waals surface area contributed by atoms with Gasteiger partial charge in [0, 0.05) is 19.6 Å². The Bertz CT molecular complexity index is 104. The van der Waals surface area contributed by atoms with Crippen molar-refractivity contribution in [3.8, 4) is 0 Å². The fraction of sp³-hybridized carbons (Fsp3) is 0.667. The Hall–Kier alpha value is 0.660. The minimum Gasteiger partial charge on any atom is -0.294 e. The van der Waals surface area contributed by atoms with Crippen LogP contribution in [0.2, 0.25) is 0 Å². The summed E-state index contributed by atoms with van der Waals surface area (Å²) >= 11 is 6.86. The predicted molar refractivity (Wildman–Crippen MR) is 47.2 cm³/mol. The van der Waals surface area contributed by atoms with Crippen LogP contribution < -0.4 is 0 Å². The molecule has 0 saturated carbocycles. The van der Waals surface area contributed by atoms with Gasteiger partial charge in [0.15, 0.2) is 0 Å². The van der Waals surface area contributed by atoms with E-state index in [9.17, 15) is 0 Å². The molecule has 0 atom stereocenters. The zero-order valence-electron chi connectivity index (χ0n) is 5.06. The van der Waals surface area contributed by atoms with E-state index < -0.39 is 0 Å². The first-order valence-electron chi connectivity index (χ1n) is 2.94. The summed E-state index contributed by atoms with van der Waals surface area (Å²) in [4.78, 5) is 2.36. The lowest BCUT2D eigenvalue weighted by Gasteiger charge is -2.14. The molecule has 0 spiro atoms. The molecule has 0 aliphatic carbocycles. The topological polar surface area (TPSA) is 3.24 Å². The number of hydrogen-bond donors (Lipinski definition) is 0. The summed E-state index contributed by atoms with van der Waals surface area (Å²) in [7, 11) is 0. The monoisotopic (exact) mass is 253 g/mol. The number of hydrogen-bond acceptors (Lipinski definition) is 1. The van der Waals surface area contributed by atoms with Gasteiger partial charge in [0.25, 0.3) is 0 Å². The van der Waals surface area contributed by atoms with Crippen molar-refractivity contribution in [3.63, 3.8) is 0 Å². The summed E-state index contributed by atoms with van der Waals surface area (Å²) in [6, 6.07) is 0. The minimum absolute atomic E-state index is 0.435. The average molecular weight is 255 g/mol. The molecule has 1 heterocycles. The summed E-state index contributed by atoms with van der Waals surface area (Å²) < 4.78 is 0.435. The summed E-state index contributed by atoms with van der Waals surface area (Å²) in [5, 5.41) is 0. The van der Waals surface area contributed by atoms with Crippen LogP contribution in [0.25, 0.3) is 0 Å². The highest BCUT2D eigenvalue weighted by Crippen LogP contribution is 2.11. The molecule has 3 heteroatoms. The van der Waals surface area contributed by atoms with E-state index in [1.54, 1.807) is 0 Å². The highest BCUT2D eigenvalue weighted by atomic mass is 79.9. The average Bonchev–Trinajstić information content (AvgIpc) is 2.15. The van der Waals surface area contributed by atoms with Gasteiger partial charge >= 0.3 is 0 Å². The Morgan fingerprint density at radius 3 is 2.33 bits per heavy atom. The lowest BCUT2D eigenvalue weighted by molar-refractivity contribution is 0.373. The van der Waals surface area contributed by atoms with Crippen molar-refractivity contribution in [2.24, 2.45) is 0 Å². The molecule has 9 heavy (non-hydrogen) atoms. The van der Waals surface area contributed by atoms with E-state index in [0.717, 1.165) is 19.6 Å².